The molecule has 0 saturated carbocycles. The van der Waals surface area contributed by atoms with E-state index in [0.717, 1.165) is 26.2 Å². The van der Waals surface area contributed by atoms with Gasteiger partial charge in [0.2, 0.25) is 0 Å². The molecule has 0 aliphatic carbocycles. The molecule has 2 heterocycles. The van der Waals surface area contributed by atoms with Crippen LogP contribution >= 0.6 is 0 Å². The number of hydrogen-bond donors (Lipinski definition) is 0. The number of piperazine rings is 1. The van der Waals surface area contributed by atoms with Crippen LogP contribution in [0.3, 0.4) is 0 Å². The molecule has 0 spiro atoms. The highest BCUT2D eigenvalue weighted by molar-refractivity contribution is 7.86. The van der Waals surface area contributed by atoms with Gasteiger partial charge in [-0.1, -0.05) is 0 Å². The van der Waals surface area contributed by atoms with Gasteiger partial charge in [0, 0.05) is 63.7 Å². The Bertz CT molecular complexity index is 597. The van der Waals surface area contributed by atoms with Gasteiger partial charge >= 0.3 is 0 Å². The first-order valence-electron chi connectivity index (χ1n) is 8.31. The highest BCUT2D eigenvalue weighted by Gasteiger charge is 2.31. The summed E-state index contributed by atoms with van der Waals surface area (Å²) < 4.78 is 30.4. The maximum atomic E-state index is 12.5. The lowest BCUT2D eigenvalue weighted by Gasteiger charge is -2.36. The average Bonchev–Trinajstić information content (AvgIpc) is 2.83. The Morgan fingerprint density at radius 3 is 2.04 bits per heavy atom. The Morgan fingerprint density at radius 2 is 1.57 bits per heavy atom. The summed E-state index contributed by atoms with van der Waals surface area (Å²) in [6.07, 6.45) is 0. The van der Waals surface area contributed by atoms with E-state index in [1.807, 2.05) is 13.8 Å². The molecule has 0 N–H and O–H groups in total. The van der Waals surface area contributed by atoms with Gasteiger partial charge in [-0.25, -0.2) is 0 Å². The first-order valence-corrected chi connectivity index (χ1v) is 9.71. The van der Waals surface area contributed by atoms with Gasteiger partial charge in [0.25, 0.3) is 10.2 Å². The standard InChI is InChI=1S/C16H30N4O2S/c1-14(2)17(5)23(21,22)19-11-8-18(9-12-19)10-13-20-15(3)6-7-16(20)4/h6-7,14H,8-13H2,1-5H3. The minimum atomic E-state index is -3.32. The maximum Gasteiger partial charge on any atom is 0.282 e. The van der Waals surface area contributed by atoms with E-state index >= 15 is 0 Å². The van der Waals surface area contributed by atoms with Crippen molar-refractivity contribution in [2.24, 2.45) is 0 Å². The van der Waals surface area contributed by atoms with Gasteiger partial charge in [0.05, 0.1) is 0 Å². The molecule has 0 aromatic carbocycles. The maximum absolute atomic E-state index is 12.5. The molecule has 1 aliphatic rings. The molecule has 6 nitrogen and oxygen atoms in total. The quantitative estimate of drug-likeness (QED) is 0.783. The van der Waals surface area contributed by atoms with Crippen molar-refractivity contribution in [1.82, 2.24) is 18.1 Å². The Labute approximate surface area is 140 Å². The Morgan fingerprint density at radius 1 is 1.04 bits per heavy atom. The molecule has 1 aliphatic heterocycles. The average molecular weight is 343 g/mol. The summed E-state index contributed by atoms with van der Waals surface area (Å²) in [5.41, 5.74) is 2.56. The SMILES string of the molecule is Cc1ccc(C)n1CCN1CCN(S(=O)(=O)N(C)C(C)C)CC1. The van der Waals surface area contributed by atoms with Gasteiger partial charge in [0.1, 0.15) is 0 Å². The molecule has 0 radical (unpaired) electrons. The lowest BCUT2D eigenvalue weighted by molar-refractivity contribution is 0.175. The van der Waals surface area contributed by atoms with E-state index in [4.69, 9.17) is 0 Å². The highest BCUT2D eigenvalue weighted by atomic mass is 32.2. The summed E-state index contributed by atoms with van der Waals surface area (Å²) in [7, 11) is -1.66. The van der Waals surface area contributed by atoms with Crippen molar-refractivity contribution in [3.05, 3.63) is 23.5 Å². The van der Waals surface area contributed by atoms with Crippen LogP contribution in [0.4, 0.5) is 0 Å². The topological polar surface area (TPSA) is 48.8 Å². The van der Waals surface area contributed by atoms with Crippen LogP contribution in [0.2, 0.25) is 0 Å². The van der Waals surface area contributed by atoms with Crippen LogP contribution in [0.1, 0.15) is 25.2 Å². The Balaban J connectivity index is 1.87. The minimum absolute atomic E-state index is 0.0160. The second-order valence-electron chi connectivity index (χ2n) is 6.63. The zero-order valence-electron chi connectivity index (χ0n) is 15.0. The number of rotatable bonds is 6. The predicted octanol–water partition coefficient (Wildman–Crippen LogP) is 1.31. The molecule has 0 amide bonds. The summed E-state index contributed by atoms with van der Waals surface area (Å²) in [6, 6.07) is 4.26. The van der Waals surface area contributed by atoms with E-state index < -0.39 is 10.2 Å². The first-order chi connectivity index (χ1) is 10.7. The number of hydrogen-bond acceptors (Lipinski definition) is 3. The molecule has 1 saturated heterocycles. The molecule has 1 aromatic heterocycles. The monoisotopic (exact) mass is 342 g/mol. The molecular weight excluding hydrogens is 312 g/mol. The smallest absolute Gasteiger partial charge is 0.282 e. The fraction of sp³-hybridized carbons (Fsp3) is 0.750. The molecule has 7 heteroatoms. The zero-order valence-corrected chi connectivity index (χ0v) is 15.8. The van der Waals surface area contributed by atoms with Crippen molar-refractivity contribution in [3.8, 4) is 0 Å². The largest absolute Gasteiger partial charge is 0.348 e. The van der Waals surface area contributed by atoms with Crippen molar-refractivity contribution < 1.29 is 8.42 Å². The Kier molecular flexibility index (Phi) is 5.89. The van der Waals surface area contributed by atoms with Gasteiger partial charge in [-0.2, -0.15) is 17.0 Å². The van der Waals surface area contributed by atoms with Gasteiger partial charge in [-0.05, 0) is 39.8 Å². The van der Waals surface area contributed by atoms with E-state index in [9.17, 15) is 8.42 Å². The second-order valence-corrected chi connectivity index (χ2v) is 8.61. The molecule has 0 bridgehead atoms. The number of aromatic nitrogens is 1. The number of nitrogens with zero attached hydrogens (tertiary/aromatic N) is 4. The van der Waals surface area contributed by atoms with Gasteiger partial charge in [-0.15, -0.1) is 0 Å². The van der Waals surface area contributed by atoms with E-state index in [0.29, 0.717) is 13.1 Å². The van der Waals surface area contributed by atoms with Crippen LogP contribution < -0.4 is 0 Å². The van der Waals surface area contributed by atoms with Crippen molar-refractivity contribution in [2.45, 2.75) is 40.3 Å². The third-order valence-electron chi connectivity index (χ3n) is 4.81. The fourth-order valence-corrected chi connectivity index (χ4v) is 4.45. The fourth-order valence-electron chi connectivity index (χ4n) is 2.93. The summed E-state index contributed by atoms with van der Waals surface area (Å²) in [5.74, 6) is 0. The van der Waals surface area contributed by atoms with E-state index in [-0.39, 0.29) is 6.04 Å². The molecular formula is C16H30N4O2S. The molecule has 1 fully saturated rings. The van der Waals surface area contributed by atoms with Crippen LogP contribution in [-0.2, 0) is 16.8 Å². The molecule has 0 unspecified atom stereocenters. The second kappa shape index (κ2) is 7.34. The molecule has 0 atom stereocenters. The van der Waals surface area contributed by atoms with Gasteiger partial charge < -0.3 is 4.57 Å². The van der Waals surface area contributed by atoms with Crippen molar-refractivity contribution in [2.75, 3.05) is 39.8 Å². The van der Waals surface area contributed by atoms with Gasteiger partial charge in [0.15, 0.2) is 0 Å². The number of aryl methyl sites for hydroxylation is 2. The lowest BCUT2D eigenvalue weighted by Crippen LogP contribution is -2.53. The summed E-state index contributed by atoms with van der Waals surface area (Å²) in [6.45, 7) is 12.7. The van der Waals surface area contributed by atoms with Gasteiger partial charge in [-0.3, -0.25) is 4.90 Å². The van der Waals surface area contributed by atoms with Crippen LogP contribution in [0.5, 0.6) is 0 Å². The summed E-state index contributed by atoms with van der Waals surface area (Å²) >= 11 is 0. The van der Waals surface area contributed by atoms with E-state index in [1.54, 1.807) is 11.4 Å². The van der Waals surface area contributed by atoms with Crippen LogP contribution in [0, 0.1) is 13.8 Å². The molecule has 1 aromatic rings. The Hall–Kier alpha value is -0.890. The minimum Gasteiger partial charge on any atom is -0.348 e. The predicted molar refractivity (Wildman–Crippen MR) is 93.7 cm³/mol. The third kappa shape index (κ3) is 4.15. The summed E-state index contributed by atoms with van der Waals surface area (Å²) in [5, 5.41) is 0. The van der Waals surface area contributed by atoms with Crippen LogP contribution in [0.25, 0.3) is 0 Å². The van der Waals surface area contributed by atoms with E-state index in [1.165, 1.54) is 15.7 Å². The van der Waals surface area contributed by atoms with E-state index in [2.05, 4.69) is 35.4 Å². The van der Waals surface area contributed by atoms with Crippen LogP contribution in [-0.4, -0.2) is 72.3 Å². The molecule has 132 valence electrons. The highest BCUT2D eigenvalue weighted by Crippen LogP contribution is 2.14. The summed E-state index contributed by atoms with van der Waals surface area (Å²) in [4.78, 5) is 2.35. The van der Waals surface area contributed by atoms with Crippen molar-refractivity contribution in [1.29, 1.82) is 0 Å². The molecule has 23 heavy (non-hydrogen) atoms. The zero-order chi connectivity index (χ0) is 17.2. The van der Waals surface area contributed by atoms with Crippen molar-refractivity contribution >= 4 is 10.2 Å². The first kappa shape index (κ1) is 18.4. The molecule has 2 rings (SSSR count). The third-order valence-corrected chi connectivity index (χ3v) is 6.97. The normalized spacial score (nSPS) is 18.2. The van der Waals surface area contributed by atoms with Crippen molar-refractivity contribution in [3.63, 3.8) is 0 Å². The van der Waals surface area contributed by atoms with Crippen LogP contribution in [0.15, 0.2) is 12.1 Å². The lowest BCUT2D eigenvalue weighted by atomic mass is 10.3.